The van der Waals surface area contributed by atoms with Crippen molar-refractivity contribution < 1.29 is 9.52 Å². The fourth-order valence-electron chi connectivity index (χ4n) is 3.24. The number of anilines is 1. The van der Waals surface area contributed by atoms with Gasteiger partial charge >= 0.3 is 0 Å². The molecule has 1 heterocycles. The molecular weight excluding hydrogens is 378 g/mol. The molecule has 7 nitrogen and oxygen atoms in total. The molecule has 0 saturated carbocycles. The summed E-state index contributed by atoms with van der Waals surface area (Å²) in [5.41, 5.74) is 2.54. The van der Waals surface area contributed by atoms with E-state index >= 15 is 0 Å². The van der Waals surface area contributed by atoms with Crippen molar-refractivity contribution in [2.45, 2.75) is 19.1 Å². The van der Waals surface area contributed by atoms with Gasteiger partial charge in [-0.15, -0.1) is 10.2 Å². The SMILES string of the molecule is C[C@@H](O)C(Nc1ccc(C#N)c2ccccc12)c1nnc(-c2ccc(C#N)cc2)o1. The Labute approximate surface area is 172 Å². The predicted octanol–water partition coefficient (Wildman–Crippen LogP) is 4.17. The monoisotopic (exact) mass is 395 g/mol. The topological polar surface area (TPSA) is 119 Å². The highest BCUT2D eigenvalue weighted by Gasteiger charge is 2.25. The second-order valence-electron chi connectivity index (χ2n) is 6.82. The van der Waals surface area contributed by atoms with Gasteiger partial charge in [0.1, 0.15) is 6.04 Å². The van der Waals surface area contributed by atoms with Crippen molar-refractivity contribution in [1.82, 2.24) is 10.2 Å². The van der Waals surface area contributed by atoms with Gasteiger partial charge in [0.15, 0.2) is 0 Å². The minimum atomic E-state index is -0.825. The zero-order valence-electron chi connectivity index (χ0n) is 16.1. The van der Waals surface area contributed by atoms with Crippen LogP contribution in [0.2, 0.25) is 0 Å². The molecule has 0 bridgehead atoms. The van der Waals surface area contributed by atoms with Crippen LogP contribution in [0.3, 0.4) is 0 Å². The normalized spacial score (nSPS) is 12.7. The number of aliphatic hydroxyl groups excluding tert-OH is 1. The average Bonchev–Trinajstić information content (AvgIpc) is 3.27. The van der Waals surface area contributed by atoms with E-state index in [1.807, 2.05) is 24.3 Å². The summed E-state index contributed by atoms with van der Waals surface area (Å²) >= 11 is 0. The van der Waals surface area contributed by atoms with E-state index in [0.717, 1.165) is 16.5 Å². The summed E-state index contributed by atoms with van der Waals surface area (Å²) in [5.74, 6) is 0.532. The second kappa shape index (κ2) is 8.04. The Morgan fingerprint density at radius 1 is 0.933 bits per heavy atom. The quantitative estimate of drug-likeness (QED) is 0.520. The lowest BCUT2D eigenvalue weighted by Crippen LogP contribution is -2.23. The highest BCUT2D eigenvalue weighted by molar-refractivity contribution is 5.97. The van der Waals surface area contributed by atoms with Crippen LogP contribution in [0.1, 0.15) is 30.0 Å². The molecule has 1 aromatic heterocycles. The van der Waals surface area contributed by atoms with E-state index in [0.29, 0.717) is 22.6 Å². The molecule has 30 heavy (non-hydrogen) atoms. The predicted molar refractivity (Wildman–Crippen MR) is 111 cm³/mol. The molecule has 0 aliphatic carbocycles. The Kier molecular flexibility index (Phi) is 5.13. The molecule has 4 rings (SSSR count). The number of benzene rings is 3. The summed E-state index contributed by atoms with van der Waals surface area (Å²) in [6, 6.07) is 21.5. The highest BCUT2D eigenvalue weighted by atomic mass is 16.4. The Balaban J connectivity index is 1.68. The number of rotatable bonds is 5. The van der Waals surface area contributed by atoms with Crippen molar-refractivity contribution in [3.63, 3.8) is 0 Å². The Morgan fingerprint density at radius 2 is 1.67 bits per heavy atom. The van der Waals surface area contributed by atoms with Gasteiger partial charge in [0.05, 0.1) is 29.4 Å². The third kappa shape index (κ3) is 3.58. The molecule has 0 fully saturated rings. The van der Waals surface area contributed by atoms with E-state index in [9.17, 15) is 10.4 Å². The summed E-state index contributed by atoms with van der Waals surface area (Å²) in [6.45, 7) is 1.63. The number of hydrogen-bond acceptors (Lipinski definition) is 7. The minimum Gasteiger partial charge on any atom is -0.418 e. The van der Waals surface area contributed by atoms with Crippen LogP contribution in [0, 0.1) is 22.7 Å². The summed E-state index contributed by atoms with van der Waals surface area (Å²) in [6.07, 6.45) is -0.825. The lowest BCUT2D eigenvalue weighted by Gasteiger charge is -2.20. The lowest BCUT2D eigenvalue weighted by molar-refractivity contribution is 0.160. The Hall–Kier alpha value is -4.20. The van der Waals surface area contributed by atoms with Gasteiger partial charge in [-0.2, -0.15) is 10.5 Å². The van der Waals surface area contributed by atoms with Gasteiger partial charge in [0.25, 0.3) is 0 Å². The molecule has 0 amide bonds. The molecule has 0 saturated heterocycles. The maximum atomic E-state index is 10.4. The van der Waals surface area contributed by atoms with Crippen LogP contribution in [0.15, 0.2) is 65.1 Å². The largest absolute Gasteiger partial charge is 0.418 e. The number of hydrogen-bond donors (Lipinski definition) is 2. The Morgan fingerprint density at radius 3 is 2.33 bits per heavy atom. The van der Waals surface area contributed by atoms with E-state index in [2.05, 4.69) is 27.7 Å². The number of nitrogens with one attached hydrogen (secondary N) is 1. The van der Waals surface area contributed by atoms with E-state index < -0.39 is 12.1 Å². The van der Waals surface area contributed by atoms with Crippen LogP contribution in [0.25, 0.3) is 22.2 Å². The van der Waals surface area contributed by atoms with Crippen molar-refractivity contribution >= 4 is 16.5 Å². The van der Waals surface area contributed by atoms with Crippen LogP contribution in [0.5, 0.6) is 0 Å². The first-order valence-corrected chi connectivity index (χ1v) is 9.31. The van der Waals surface area contributed by atoms with E-state index in [1.165, 1.54) is 0 Å². The third-order valence-electron chi connectivity index (χ3n) is 4.81. The van der Waals surface area contributed by atoms with Crippen LogP contribution in [-0.2, 0) is 0 Å². The molecule has 146 valence electrons. The molecule has 4 aromatic rings. The smallest absolute Gasteiger partial charge is 0.247 e. The summed E-state index contributed by atoms with van der Waals surface area (Å²) in [4.78, 5) is 0. The highest BCUT2D eigenvalue weighted by Crippen LogP contribution is 2.31. The number of nitrogens with zero attached hydrogens (tertiary/aromatic N) is 4. The van der Waals surface area contributed by atoms with E-state index in [1.54, 1.807) is 43.3 Å². The molecule has 0 spiro atoms. The molecule has 3 aromatic carbocycles. The fourth-order valence-corrected chi connectivity index (χ4v) is 3.24. The Bertz CT molecular complexity index is 1280. The first kappa shape index (κ1) is 19.1. The van der Waals surface area contributed by atoms with Crippen LogP contribution >= 0.6 is 0 Å². The molecular formula is C23H17N5O2. The van der Waals surface area contributed by atoms with Gasteiger partial charge in [0, 0.05) is 22.0 Å². The van der Waals surface area contributed by atoms with Gasteiger partial charge in [-0.1, -0.05) is 24.3 Å². The molecule has 2 N–H and O–H groups in total. The van der Waals surface area contributed by atoms with Gasteiger partial charge in [-0.3, -0.25) is 0 Å². The van der Waals surface area contributed by atoms with Crippen molar-refractivity contribution in [3.8, 4) is 23.6 Å². The average molecular weight is 395 g/mol. The van der Waals surface area contributed by atoms with Crippen LogP contribution < -0.4 is 5.32 Å². The number of nitriles is 2. The molecule has 7 heteroatoms. The van der Waals surface area contributed by atoms with Gasteiger partial charge in [-0.25, -0.2) is 0 Å². The van der Waals surface area contributed by atoms with Gasteiger partial charge in [0.2, 0.25) is 11.8 Å². The van der Waals surface area contributed by atoms with Crippen molar-refractivity contribution in [3.05, 3.63) is 77.7 Å². The maximum absolute atomic E-state index is 10.4. The lowest BCUT2D eigenvalue weighted by atomic mass is 10.0. The van der Waals surface area contributed by atoms with Crippen molar-refractivity contribution in [1.29, 1.82) is 10.5 Å². The molecule has 2 atom stereocenters. The fraction of sp³-hybridized carbons (Fsp3) is 0.130. The first-order valence-electron chi connectivity index (χ1n) is 9.31. The summed E-state index contributed by atoms with van der Waals surface area (Å²) in [7, 11) is 0. The van der Waals surface area contributed by atoms with E-state index in [4.69, 9.17) is 9.68 Å². The molecule has 0 aliphatic heterocycles. The first-order chi connectivity index (χ1) is 14.6. The van der Waals surface area contributed by atoms with Gasteiger partial charge < -0.3 is 14.8 Å². The molecule has 1 unspecified atom stereocenters. The van der Waals surface area contributed by atoms with Crippen molar-refractivity contribution in [2.24, 2.45) is 0 Å². The van der Waals surface area contributed by atoms with Crippen LogP contribution in [-0.4, -0.2) is 21.4 Å². The maximum Gasteiger partial charge on any atom is 0.247 e. The molecule has 0 aliphatic rings. The zero-order valence-corrected chi connectivity index (χ0v) is 16.1. The zero-order chi connectivity index (χ0) is 21.1. The van der Waals surface area contributed by atoms with E-state index in [-0.39, 0.29) is 5.89 Å². The number of fused-ring (bicyclic) bond motifs is 1. The second-order valence-corrected chi connectivity index (χ2v) is 6.82. The van der Waals surface area contributed by atoms with Gasteiger partial charge in [-0.05, 0) is 43.3 Å². The molecule has 0 radical (unpaired) electrons. The third-order valence-corrected chi connectivity index (χ3v) is 4.81. The van der Waals surface area contributed by atoms with Crippen molar-refractivity contribution in [2.75, 3.05) is 5.32 Å². The number of aliphatic hydroxyl groups is 1. The van der Waals surface area contributed by atoms with Crippen LogP contribution in [0.4, 0.5) is 5.69 Å². The summed E-state index contributed by atoms with van der Waals surface area (Å²) < 4.78 is 5.82. The minimum absolute atomic E-state index is 0.234. The number of aromatic nitrogens is 2. The standard InChI is InChI=1S/C23H17N5O2/c1-14(29)21(23-28-27-22(30-23)16-8-6-15(12-24)7-9-16)26-20-11-10-17(13-25)18-4-2-3-5-19(18)20/h2-11,14,21,26,29H,1H3/t14-,21?/m1/s1. The summed E-state index contributed by atoms with van der Waals surface area (Å²) in [5, 5.41) is 41.8.